The monoisotopic (exact) mass is 242 g/mol. The van der Waals surface area contributed by atoms with E-state index in [0.717, 1.165) is 16.9 Å². The second kappa shape index (κ2) is 4.74. The first-order valence-electron chi connectivity index (χ1n) is 5.05. The normalized spacial score (nSPS) is 11.4. The lowest BCUT2D eigenvalue weighted by molar-refractivity contribution is 0.601. The molecular formula is C11H18N2O2S. The van der Waals surface area contributed by atoms with E-state index in [1.165, 1.54) is 6.26 Å². The van der Waals surface area contributed by atoms with Gasteiger partial charge in [-0.15, -0.1) is 0 Å². The zero-order chi connectivity index (χ0) is 12.3. The summed E-state index contributed by atoms with van der Waals surface area (Å²) in [6, 6.07) is 5.64. The Bertz CT molecular complexity index is 469. The van der Waals surface area contributed by atoms with E-state index < -0.39 is 9.84 Å². The Morgan fingerprint density at radius 2 is 2.00 bits per heavy atom. The van der Waals surface area contributed by atoms with Gasteiger partial charge in [0.2, 0.25) is 0 Å². The van der Waals surface area contributed by atoms with Gasteiger partial charge in [0.1, 0.15) is 9.84 Å². The van der Waals surface area contributed by atoms with Gasteiger partial charge in [0.15, 0.2) is 0 Å². The van der Waals surface area contributed by atoms with Crippen molar-refractivity contribution in [2.45, 2.75) is 6.92 Å². The van der Waals surface area contributed by atoms with Crippen molar-refractivity contribution in [3.8, 4) is 0 Å². The van der Waals surface area contributed by atoms with Crippen molar-refractivity contribution >= 4 is 21.2 Å². The van der Waals surface area contributed by atoms with E-state index in [4.69, 9.17) is 5.73 Å². The lowest BCUT2D eigenvalue weighted by Crippen LogP contribution is -2.25. The minimum absolute atomic E-state index is 0.151. The first-order valence-corrected chi connectivity index (χ1v) is 7.11. The van der Waals surface area contributed by atoms with E-state index >= 15 is 0 Å². The molecule has 0 bridgehead atoms. The number of sulfone groups is 1. The third-order valence-electron chi connectivity index (χ3n) is 2.56. The van der Waals surface area contributed by atoms with Crippen molar-refractivity contribution in [2.24, 2.45) is 0 Å². The number of rotatable bonds is 4. The Morgan fingerprint density at radius 1 is 1.38 bits per heavy atom. The van der Waals surface area contributed by atoms with Crippen molar-refractivity contribution < 1.29 is 8.42 Å². The molecule has 0 aliphatic rings. The highest BCUT2D eigenvalue weighted by Gasteiger charge is 2.09. The van der Waals surface area contributed by atoms with Crippen LogP contribution in [0.2, 0.25) is 0 Å². The fourth-order valence-corrected chi connectivity index (χ4v) is 2.08. The van der Waals surface area contributed by atoms with Gasteiger partial charge in [-0.1, -0.05) is 6.07 Å². The number of hydrogen-bond donors (Lipinski definition) is 1. The summed E-state index contributed by atoms with van der Waals surface area (Å²) in [5.41, 5.74) is 8.48. The van der Waals surface area contributed by atoms with Crippen molar-refractivity contribution in [1.29, 1.82) is 0 Å². The molecule has 5 heteroatoms. The summed E-state index contributed by atoms with van der Waals surface area (Å²) in [4.78, 5) is 1.91. The van der Waals surface area contributed by atoms with Gasteiger partial charge in [0, 0.05) is 31.2 Å². The molecular weight excluding hydrogens is 224 g/mol. The lowest BCUT2D eigenvalue weighted by Gasteiger charge is -2.21. The predicted octanol–water partition coefficient (Wildman–Crippen LogP) is 1.06. The van der Waals surface area contributed by atoms with Gasteiger partial charge in [0.25, 0.3) is 0 Å². The average molecular weight is 242 g/mol. The zero-order valence-corrected chi connectivity index (χ0v) is 10.7. The summed E-state index contributed by atoms with van der Waals surface area (Å²) in [5, 5.41) is 0. The van der Waals surface area contributed by atoms with Crippen molar-refractivity contribution in [1.82, 2.24) is 0 Å². The largest absolute Gasteiger partial charge is 0.398 e. The summed E-state index contributed by atoms with van der Waals surface area (Å²) in [6.07, 6.45) is 1.24. The van der Waals surface area contributed by atoms with E-state index in [1.807, 2.05) is 37.1 Å². The third-order valence-corrected chi connectivity index (χ3v) is 3.48. The smallest absolute Gasteiger partial charge is 0.149 e. The Hall–Kier alpha value is -1.23. The highest BCUT2D eigenvalue weighted by molar-refractivity contribution is 7.90. The van der Waals surface area contributed by atoms with Crippen LogP contribution < -0.4 is 10.6 Å². The number of anilines is 2. The van der Waals surface area contributed by atoms with Crippen molar-refractivity contribution in [2.75, 3.05) is 36.2 Å². The first kappa shape index (κ1) is 12.8. The summed E-state index contributed by atoms with van der Waals surface area (Å²) < 4.78 is 22.1. The van der Waals surface area contributed by atoms with Crippen LogP contribution in [0.4, 0.5) is 11.4 Å². The van der Waals surface area contributed by atoms with Crippen LogP contribution in [-0.2, 0) is 9.84 Å². The van der Waals surface area contributed by atoms with E-state index in [-0.39, 0.29) is 5.75 Å². The Labute approximate surface area is 97.0 Å². The second-order valence-electron chi connectivity index (χ2n) is 4.04. The van der Waals surface area contributed by atoms with E-state index in [9.17, 15) is 8.42 Å². The van der Waals surface area contributed by atoms with E-state index in [1.54, 1.807) is 0 Å². The number of nitrogen functional groups attached to an aromatic ring is 1. The van der Waals surface area contributed by atoms with Gasteiger partial charge in [-0.25, -0.2) is 8.42 Å². The summed E-state index contributed by atoms with van der Waals surface area (Å²) in [5.74, 6) is 0.151. The predicted molar refractivity (Wildman–Crippen MR) is 68.6 cm³/mol. The van der Waals surface area contributed by atoms with Crippen LogP contribution in [0.25, 0.3) is 0 Å². The van der Waals surface area contributed by atoms with Crippen LogP contribution in [0.3, 0.4) is 0 Å². The maximum atomic E-state index is 11.1. The van der Waals surface area contributed by atoms with Crippen LogP contribution in [0.1, 0.15) is 5.56 Å². The van der Waals surface area contributed by atoms with Crippen LogP contribution in [0.5, 0.6) is 0 Å². The second-order valence-corrected chi connectivity index (χ2v) is 6.30. The molecule has 90 valence electrons. The van der Waals surface area contributed by atoms with Crippen LogP contribution in [0, 0.1) is 6.92 Å². The lowest BCUT2D eigenvalue weighted by atomic mass is 10.1. The first-order chi connectivity index (χ1) is 7.31. The summed E-state index contributed by atoms with van der Waals surface area (Å²) >= 11 is 0. The molecule has 1 aromatic carbocycles. The van der Waals surface area contributed by atoms with Gasteiger partial charge >= 0.3 is 0 Å². The molecule has 16 heavy (non-hydrogen) atoms. The number of nitrogens with zero attached hydrogens (tertiary/aromatic N) is 1. The van der Waals surface area contributed by atoms with Crippen LogP contribution in [-0.4, -0.2) is 34.0 Å². The maximum Gasteiger partial charge on any atom is 0.149 e. The number of nitrogens with two attached hydrogens (primary N) is 1. The molecule has 0 unspecified atom stereocenters. The highest BCUT2D eigenvalue weighted by atomic mass is 32.2. The van der Waals surface area contributed by atoms with Gasteiger partial charge in [-0.3, -0.25) is 0 Å². The summed E-state index contributed by atoms with van der Waals surface area (Å²) in [7, 11) is -1.06. The molecule has 0 saturated heterocycles. The van der Waals surface area contributed by atoms with Gasteiger partial charge in [-0.2, -0.15) is 0 Å². The molecule has 0 amide bonds. The average Bonchev–Trinajstić information content (AvgIpc) is 2.17. The van der Waals surface area contributed by atoms with E-state index in [0.29, 0.717) is 6.54 Å². The topological polar surface area (TPSA) is 63.4 Å². The van der Waals surface area contributed by atoms with Crippen molar-refractivity contribution in [3.05, 3.63) is 23.8 Å². The summed E-state index contributed by atoms with van der Waals surface area (Å²) in [6.45, 7) is 2.41. The van der Waals surface area contributed by atoms with E-state index in [2.05, 4.69) is 0 Å². The minimum Gasteiger partial charge on any atom is -0.398 e. The molecule has 0 radical (unpaired) electrons. The fraction of sp³-hybridized carbons (Fsp3) is 0.455. The molecule has 0 saturated carbocycles. The number of benzene rings is 1. The molecule has 0 spiro atoms. The molecule has 4 nitrogen and oxygen atoms in total. The molecule has 2 N–H and O–H groups in total. The van der Waals surface area contributed by atoms with Crippen LogP contribution in [0.15, 0.2) is 18.2 Å². The Morgan fingerprint density at radius 3 is 2.56 bits per heavy atom. The SMILES string of the molecule is Cc1c(N)cccc1N(C)CCS(C)(=O)=O. The fourth-order valence-electron chi connectivity index (χ4n) is 1.48. The maximum absolute atomic E-state index is 11.1. The molecule has 0 aliphatic carbocycles. The third kappa shape index (κ3) is 3.41. The Kier molecular flexibility index (Phi) is 3.80. The van der Waals surface area contributed by atoms with Crippen molar-refractivity contribution in [3.63, 3.8) is 0 Å². The molecule has 0 fully saturated rings. The van der Waals surface area contributed by atoms with Crippen LogP contribution >= 0.6 is 0 Å². The minimum atomic E-state index is -2.92. The molecule has 1 aromatic rings. The Balaban J connectivity index is 2.81. The quantitative estimate of drug-likeness (QED) is 0.802. The molecule has 0 heterocycles. The highest BCUT2D eigenvalue weighted by Crippen LogP contribution is 2.23. The molecule has 0 atom stereocenters. The van der Waals surface area contributed by atoms with Gasteiger partial charge in [0.05, 0.1) is 5.75 Å². The number of hydrogen-bond acceptors (Lipinski definition) is 4. The molecule has 1 rings (SSSR count). The van der Waals surface area contributed by atoms with Gasteiger partial charge in [-0.05, 0) is 24.6 Å². The standard InChI is InChI=1S/C11H18N2O2S/c1-9-10(12)5-4-6-11(9)13(2)7-8-16(3,14)15/h4-6H,7-8,12H2,1-3H3. The molecule has 0 aromatic heterocycles. The zero-order valence-electron chi connectivity index (χ0n) is 9.90. The molecule has 0 aliphatic heterocycles. The van der Waals surface area contributed by atoms with Gasteiger partial charge < -0.3 is 10.6 Å².